The van der Waals surface area contributed by atoms with Crippen molar-refractivity contribution < 1.29 is 24.4 Å². The smallest absolute Gasteiger partial charge is 0.313 e. The van der Waals surface area contributed by atoms with Crippen molar-refractivity contribution in [3.8, 4) is 5.75 Å². The van der Waals surface area contributed by atoms with Gasteiger partial charge in [0.2, 0.25) is 5.91 Å². The van der Waals surface area contributed by atoms with E-state index in [1.165, 1.54) is 25.3 Å². The van der Waals surface area contributed by atoms with Crippen molar-refractivity contribution in [3.05, 3.63) is 28.3 Å². The van der Waals surface area contributed by atoms with Crippen molar-refractivity contribution in [2.45, 2.75) is 0 Å². The van der Waals surface area contributed by atoms with Gasteiger partial charge in [-0.15, -0.1) is 11.8 Å². The Labute approximate surface area is 118 Å². The van der Waals surface area contributed by atoms with E-state index in [2.05, 4.69) is 5.32 Å². The molecule has 0 saturated carbocycles. The van der Waals surface area contributed by atoms with Crippen molar-refractivity contribution in [1.29, 1.82) is 0 Å². The Kier molecular flexibility index (Phi) is 5.78. The number of rotatable bonds is 7. The average molecular weight is 300 g/mol. The molecule has 0 unspecified atom stereocenters. The Morgan fingerprint density at radius 3 is 2.70 bits per heavy atom. The van der Waals surface area contributed by atoms with E-state index in [0.717, 1.165) is 11.8 Å². The first-order valence-electron chi connectivity index (χ1n) is 5.36. The average Bonchev–Trinajstić information content (AvgIpc) is 2.38. The molecule has 0 aliphatic heterocycles. The predicted octanol–water partition coefficient (Wildman–Crippen LogP) is 1.36. The van der Waals surface area contributed by atoms with Crippen LogP contribution in [0.1, 0.15) is 0 Å². The highest BCUT2D eigenvalue weighted by atomic mass is 32.2. The lowest BCUT2D eigenvalue weighted by molar-refractivity contribution is -0.384. The van der Waals surface area contributed by atoms with Crippen LogP contribution in [0.25, 0.3) is 0 Å². The summed E-state index contributed by atoms with van der Waals surface area (Å²) in [7, 11) is 1.37. The number of benzene rings is 1. The molecular formula is C11H12N2O6S. The lowest BCUT2D eigenvalue weighted by Gasteiger charge is -2.09. The fourth-order valence-corrected chi connectivity index (χ4v) is 1.86. The van der Waals surface area contributed by atoms with Gasteiger partial charge in [-0.05, 0) is 6.07 Å². The summed E-state index contributed by atoms with van der Waals surface area (Å²) in [6.45, 7) is 0. The molecule has 0 aliphatic carbocycles. The van der Waals surface area contributed by atoms with Crippen LogP contribution in [-0.4, -0.2) is 40.5 Å². The summed E-state index contributed by atoms with van der Waals surface area (Å²) < 4.78 is 4.99. The molecule has 9 heteroatoms. The van der Waals surface area contributed by atoms with Crippen LogP contribution in [0.5, 0.6) is 5.75 Å². The number of thioether (sulfide) groups is 1. The quantitative estimate of drug-likeness (QED) is 0.576. The van der Waals surface area contributed by atoms with E-state index in [4.69, 9.17) is 9.84 Å². The molecule has 0 aromatic heterocycles. The molecule has 1 aromatic rings. The molecule has 2 N–H and O–H groups in total. The number of carbonyl (C=O) groups is 2. The van der Waals surface area contributed by atoms with Crippen LogP contribution < -0.4 is 10.1 Å². The molecule has 0 radical (unpaired) electrons. The van der Waals surface area contributed by atoms with Gasteiger partial charge in [0.1, 0.15) is 5.75 Å². The number of carboxylic acid groups (broad SMARTS) is 1. The third-order valence-electron chi connectivity index (χ3n) is 2.13. The van der Waals surface area contributed by atoms with Crippen molar-refractivity contribution in [2.24, 2.45) is 0 Å². The standard InChI is InChI=1S/C11H12N2O6S/c1-19-9-3-2-7(13(17)18)4-8(9)12-10(14)5-20-6-11(15)16/h2-4H,5-6H2,1H3,(H,12,14)(H,15,16). The molecule has 0 bridgehead atoms. The van der Waals surface area contributed by atoms with E-state index >= 15 is 0 Å². The number of carbonyl (C=O) groups excluding carboxylic acids is 1. The van der Waals surface area contributed by atoms with Crippen LogP contribution in [0.2, 0.25) is 0 Å². The molecule has 108 valence electrons. The number of nitrogens with one attached hydrogen (secondary N) is 1. The van der Waals surface area contributed by atoms with Crippen molar-refractivity contribution in [3.63, 3.8) is 0 Å². The highest BCUT2D eigenvalue weighted by molar-refractivity contribution is 8.00. The fourth-order valence-electron chi connectivity index (χ4n) is 1.32. The molecule has 20 heavy (non-hydrogen) atoms. The number of nitro groups is 1. The SMILES string of the molecule is COc1ccc([N+](=O)[O-])cc1NC(=O)CSCC(=O)O. The maximum atomic E-state index is 11.6. The largest absolute Gasteiger partial charge is 0.495 e. The molecular weight excluding hydrogens is 288 g/mol. The molecule has 1 aromatic carbocycles. The minimum absolute atomic E-state index is 0.0713. The van der Waals surface area contributed by atoms with E-state index in [0.29, 0.717) is 0 Å². The van der Waals surface area contributed by atoms with Crippen LogP contribution in [-0.2, 0) is 9.59 Å². The Bertz CT molecular complexity index is 534. The van der Waals surface area contributed by atoms with Gasteiger partial charge in [0.15, 0.2) is 0 Å². The second-order valence-electron chi connectivity index (χ2n) is 3.58. The summed E-state index contributed by atoms with van der Waals surface area (Å²) in [5.41, 5.74) is -0.0121. The zero-order valence-corrected chi connectivity index (χ0v) is 11.3. The summed E-state index contributed by atoms with van der Waals surface area (Å²) >= 11 is 0.926. The number of amides is 1. The van der Waals surface area contributed by atoms with E-state index < -0.39 is 16.8 Å². The molecule has 8 nitrogen and oxygen atoms in total. The van der Waals surface area contributed by atoms with Gasteiger partial charge in [-0.25, -0.2) is 0 Å². The first-order chi connectivity index (χ1) is 9.43. The highest BCUT2D eigenvalue weighted by Crippen LogP contribution is 2.28. The molecule has 1 rings (SSSR count). The zero-order chi connectivity index (χ0) is 15.1. The van der Waals surface area contributed by atoms with Gasteiger partial charge < -0.3 is 15.2 Å². The van der Waals surface area contributed by atoms with Crippen LogP contribution >= 0.6 is 11.8 Å². The third kappa shape index (κ3) is 4.76. The number of ether oxygens (including phenoxy) is 1. The summed E-state index contributed by atoms with van der Waals surface area (Å²) in [6.07, 6.45) is 0. The van der Waals surface area contributed by atoms with Crippen LogP contribution in [0, 0.1) is 10.1 Å². The molecule has 1 amide bonds. The zero-order valence-electron chi connectivity index (χ0n) is 10.5. The number of anilines is 1. The number of hydrogen-bond donors (Lipinski definition) is 2. The topological polar surface area (TPSA) is 119 Å². The van der Waals surface area contributed by atoms with Gasteiger partial charge >= 0.3 is 5.97 Å². The highest BCUT2D eigenvalue weighted by Gasteiger charge is 2.13. The van der Waals surface area contributed by atoms with E-state index in [1.807, 2.05) is 0 Å². The lowest BCUT2D eigenvalue weighted by Crippen LogP contribution is -2.16. The maximum Gasteiger partial charge on any atom is 0.313 e. The summed E-state index contributed by atoms with van der Waals surface area (Å²) in [4.78, 5) is 32.0. The number of carboxylic acids is 1. The van der Waals surface area contributed by atoms with E-state index in [-0.39, 0.29) is 28.6 Å². The number of non-ortho nitro benzene ring substituents is 1. The van der Waals surface area contributed by atoms with Gasteiger partial charge in [0.05, 0.1) is 29.2 Å². The number of aliphatic carboxylic acids is 1. The summed E-state index contributed by atoms with van der Waals surface area (Å²) in [6, 6.07) is 3.81. The molecule has 0 saturated heterocycles. The van der Waals surface area contributed by atoms with Crippen LogP contribution in [0.4, 0.5) is 11.4 Å². The molecule has 0 fully saturated rings. The fraction of sp³-hybridized carbons (Fsp3) is 0.273. The molecule has 0 aliphatic rings. The van der Waals surface area contributed by atoms with Crippen molar-refractivity contribution in [1.82, 2.24) is 0 Å². The number of nitrogens with zero attached hydrogens (tertiary/aromatic N) is 1. The van der Waals surface area contributed by atoms with Gasteiger partial charge in [0, 0.05) is 12.1 Å². The molecule has 0 atom stereocenters. The Balaban J connectivity index is 2.74. The first-order valence-corrected chi connectivity index (χ1v) is 6.51. The second kappa shape index (κ2) is 7.34. The van der Waals surface area contributed by atoms with Gasteiger partial charge in [-0.1, -0.05) is 0 Å². The van der Waals surface area contributed by atoms with Crippen LogP contribution in [0.3, 0.4) is 0 Å². The Hall–Kier alpha value is -2.29. The van der Waals surface area contributed by atoms with Crippen molar-refractivity contribution in [2.75, 3.05) is 23.9 Å². The first kappa shape index (κ1) is 15.8. The van der Waals surface area contributed by atoms with Crippen LogP contribution in [0.15, 0.2) is 18.2 Å². The lowest BCUT2D eigenvalue weighted by atomic mass is 10.2. The molecule has 0 spiro atoms. The second-order valence-corrected chi connectivity index (χ2v) is 4.56. The Morgan fingerprint density at radius 1 is 1.45 bits per heavy atom. The molecule has 0 heterocycles. The minimum atomic E-state index is -1.02. The van der Waals surface area contributed by atoms with Gasteiger partial charge in [-0.2, -0.15) is 0 Å². The normalized spacial score (nSPS) is 9.85. The van der Waals surface area contributed by atoms with E-state index in [1.54, 1.807) is 0 Å². The predicted molar refractivity (Wildman–Crippen MR) is 73.2 cm³/mol. The summed E-state index contributed by atoms with van der Waals surface area (Å²) in [5.74, 6) is -1.46. The van der Waals surface area contributed by atoms with Crippen molar-refractivity contribution >= 4 is 35.0 Å². The maximum absolute atomic E-state index is 11.6. The van der Waals surface area contributed by atoms with Gasteiger partial charge in [0.25, 0.3) is 5.69 Å². The van der Waals surface area contributed by atoms with Gasteiger partial charge in [-0.3, -0.25) is 19.7 Å². The monoisotopic (exact) mass is 300 g/mol. The number of nitro benzene ring substituents is 1. The summed E-state index contributed by atoms with van der Waals surface area (Å²) in [5, 5.41) is 21.6. The Morgan fingerprint density at radius 2 is 2.15 bits per heavy atom. The third-order valence-corrected chi connectivity index (χ3v) is 3.04. The number of hydrogen-bond acceptors (Lipinski definition) is 6. The number of methoxy groups -OCH3 is 1. The minimum Gasteiger partial charge on any atom is -0.495 e. The van der Waals surface area contributed by atoms with E-state index in [9.17, 15) is 19.7 Å².